The number of hydrogen-bond acceptors (Lipinski definition) is 5. The van der Waals surface area contributed by atoms with Crippen molar-refractivity contribution < 1.29 is 19.6 Å². The summed E-state index contributed by atoms with van der Waals surface area (Å²) in [6.07, 6.45) is 2.77. The Balaban J connectivity index is 2.00. The fraction of sp³-hybridized carbons (Fsp3) is 0.500. The third-order valence-electron chi connectivity index (χ3n) is 3.63. The van der Waals surface area contributed by atoms with Gasteiger partial charge in [-0.05, 0) is 12.8 Å². The van der Waals surface area contributed by atoms with Crippen LogP contribution >= 0.6 is 11.3 Å². The Labute approximate surface area is 118 Å². The van der Waals surface area contributed by atoms with Gasteiger partial charge in [0.15, 0.2) is 0 Å². The number of aliphatic carboxylic acids is 1. The lowest BCUT2D eigenvalue weighted by atomic mass is 9.86. The summed E-state index contributed by atoms with van der Waals surface area (Å²) in [7, 11) is 0. The lowest BCUT2D eigenvalue weighted by Crippen LogP contribution is -2.41. The van der Waals surface area contributed by atoms with Gasteiger partial charge >= 0.3 is 11.0 Å². The quantitative estimate of drug-likeness (QED) is 0.638. The average molecular weight is 298 g/mol. The highest BCUT2D eigenvalue weighted by Gasteiger charge is 2.41. The molecule has 7 nitrogen and oxygen atoms in total. The number of carbonyl (C=O) groups excluding carboxylic acids is 1. The maximum atomic E-state index is 11.9. The van der Waals surface area contributed by atoms with E-state index in [-0.39, 0.29) is 17.1 Å². The van der Waals surface area contributed by atoms with Crippen LogP contribution in [0.4, 0.5) is 5.00 Å². The molecule has 0 aliphatic heterocycles. The second-order valence-electron chi connectivity index (χ2n) is 4.91. The van der Waals surface area contributed by atoms with Crippen molar-refractivity contribution in [2.45, 2.75) is 25.7 Å². The van der Waals surface area contributed by atoms with Crippen molar-refractivity contribution >= 4 is 28.2 Å². The Morgan fingerprint density at radius 2 is 2.10 bits per heavy atom. The molecule has 1 amide bonds. The van der Waals surface area contributed by atoms with E-state index in [0.717, 1.165) is 24.2 Å². The molecular formula is C12H14N2O5S. The summed E-state index contributed by atoms with van der Waals surface area (Å²) >= 11 is 0.873. The van der Waals surface area contributed by atoms with Gasteiger partial charge in [-0.3, -0.25) is 19.7 Å². The second-order valence-corrected chi connectivity index (χ2v) is 5.80. The standard InChI is InChI=1S/C12H14N2O5S/c15-10(8-5-9(14(18)19)20-6-8)13-7-12(11(16)17)3-1-2-4-12/h5-6H,1-4,7H2,(H,13,15)(H,16,17). The number of rotatable bonds is 5. The Bertz CT molecular complexity index is 548. The van der Waals surface area contributed by atoms with Crippen LogP contribution in [0.3, 0.4) is 0 Å². The average Bonchev–Trinajstić information content (AvgIpc) is 3.06. The molecule has 1 aliphatic carbocycles. The molecule has 0 aromatic carbocycles. The lowest BCUT2D eigenvalue weighted by Gasteiger charge is -2.23. The van der Waals surface area contributed by atoms with E-state index in [1.54, 1.807) is 0 Å². The van der Waals surface area contributed by atoms with E-state index in [1.807, 2.05) is 0 Å². The molecule has 20 heavy (non-hydrogen) atoms. The Kier molecular flexibility index (Phi) is 4.03. The predicted octanol–water partition coefficient (Wildman–Crippen LogP) is 2.03. The molecular weight excluding hydrogens is 284 g/mol. The first kappa shape index (κ1) is 14.4. The maximum absolute atomic E-state index is 11.9. The van der Waals surface area contributed by atoms with Crippen LogP contribution in [0.2, 0.25) is 0 Å². The number of hydrogen-bond donors (Lipinski definition) is 2. The van der Waals surface area contributed by atoms with Crippen molar-refractivity contribution in [2.75, 3.05) is 6.54 Å². The number of nitro groups is 1. The first-order chi connectivity index (χ1) is 9.44. The topological polar surface area (TPSA) is 110 Å². The largest absolute Gasteiger partial charge is 0.481 e. The first-order valence-corrected chi connectivity index (χ1v) is 7.07. The van der Waals surface area contributed by atoms with Crippen LogP contribution < -0.4 is 5.32 Å². The zero-order valence-corrected chi connectivity index (χ0v) is 11.4. The molecule has 2 N–H and O–H groups in total. The summed E-state index contributed by atoms with van der Waals surface area (Å²) < 4.78 is 0. The SMILES string of the molecule is O=C(NCC1(C(=O)O)CCCC1)c1csc([N+](=O)[O-])c1. The third-order valence-corrected chi connectivity index (χ3v) is 4.51. The Hall–Kier alpha value is -1.96. The summed E-state index contributed by atoms with van der Waals surface area (Å²) in [4.78, 5) is 33.2. The molecule has 1 heterocycles. The van der Waals surface area contributed by atoms with E-state index in [1.165, 1.54) is 11.4 Å². The molecule has 1 fully saturated rings. The Morgan fingerprint density at radius 3 is 2.60 bits per heavy atom. The molecule has 1 aliphatic rings. The molecule has 1 saturated carbocycles. The van der Waals surface area contributed by atoms with Gasteiger partial charge in [0, 0.05) is 18.0 Å². The predicted molar refractivity (Wildman–Crippen MR) is 71.8 cm³/mol. The van der Waals surface area contributed by atoms with Gasteiger partial charge in [0.25, 0.3) is 5.91 Å². The molecule has 0 spiro atoms. The summed E-state index contributed by atoms with van der Waals surface area (Å²) in [5.41, 5.74) is -0.697. The number of carbonyl (C=O) groups is 2. The van der Waals surface area contributed by atoms with Gasteiger partial charge in [-0.2, -0.15) is 0 Å². The zero-order chi connectivity index (χ0) is 14.8. The van der Waals surface area contributed by atoms with Gasteiger partial charge in [0.1, 0.15) is 0 Å². The number of thiophene rings is 1. The molecule has 0 radical (unpaired) electrons. The molecule has 1 aromatic rings. The van der Waals surface area contributed by atoms with Crippen LogP contribution in [0.25, 0.3) is 0 Å². The molecule has 2 rings (SSSR count). The van der Waals surface area contributed by atoms with Crippen molar-refractivity contribution in [3.05, 3.63) is 27.1 Å². The Morgan fingerprint density at radius 1 is 1.45 bits per heavy atom. The second kappa shape index (κ2) is 5.58. The highest BCUT2D eigenvalue weighted by molar-refractivity contribution is 7.13. The number of carboxylic acids is 1. The minimum atomic E-state index is -0.897. The smallest absolute Gasteiger partial charge is 0.324 e. The van der Waals surface area contributed by atoms with Gasteiger partial charge in [-0.25, -0.2) is 0 Å². The highest BCUT2D eigenvalue weighted by atomic mass is 32.1. The van der Waals surface area contributed by atoms with Crippen molar-refractivity contribution in [2.24, 2.45) is 5.41 Å². The molecule has 1 aromatic heterocycles. The van der Waals surface area contributed by atoms with E-state index in [4.69, 9.17) is 0 Å². The molecule has 0 unspecified atom stereocenters. The highest BCUT2D eigenvalue weighted by Crippen LogP contribution is 2.37. The lowest BCUT2D eigenvalue weighted by molar-refractivity contribution is -0.380. The van der Waals surface area contributed by atoms with E-state index in [9.17, 15) is 24.8 Å². The molecule has 0 saturated heterocycles. The molecule has 108 valence electrons. The van der Waals surface area contributed by atoms with Crippen LogP contribution in [0.15, 0.2) is 11.4 Å². The van der Waals surface area contributed by atoms with Crippen molar-refractivity contribution in [3.8, 4) is 0 Å². The summed E-state index contributed by atoms with van der Waals surface area (Å²) in [5, 5.41) is 23.7. The number of amides is 1. The fourth-order valence-electron chi connectivity index (χ4n) is 2.41. The molecule has 0 bridgehead atoms. The number of carboxylic acid groups (broad SMARTS) is 1. The van der Waals surface area contributed by atoms with Gasteiger partial charge in [0.2, 0.25) is 0 Å². The minimum absolute atomic E-state index is 0.0603. The number of nitrogens with one attached hydrogen (secondary N) is 1. The van der Waals surface area contributed by atoms with E-state index < -0.39 is 22.2 Å². The van der Waals surface area contributed by atoms with Crippen LogP contribution in [-0.4, -0.2) is 28.5 Å². The van der Waals surface area contributed by atoms with Crippen LogP contribution in [0, 0.1) is 15.5 Å². The van der Waals surface area contributed by atoms with Crippen molar-refractivity contribution in [3.63, 3.8) is 0 Å². The van der Waals surface area contributed by atoms with Crippen LogP contribution in [-0.2, 0) is 4.79 Å². The number of nitrogens with zero attached hydrogens (tertiary/aromatic N) is 1. The molecule has 0 atom stereocenters. The van der Waals surface area contributed by atoms with Gasteiger partial charge in [-0.1, -0.05) is 24.2 Å². The van der Waals surface area contributed by atoms with Crippen molar-refractivity contribution in [1.82, 2.24) is 5.32 Å². The zero-order valence-electron chi connectivity index (χ0n) is 10.6. The van der Waals surface area contributed by atoms with Crippen LogP contribution in [0.1, 0.15) is 36.0 Å². The summed E-state index contributed by atoms with van der Waals surface area (Å²) in [6.45, 7) is 0.0603. The summed E-state index contributed by atoms with van der Waals surface area (Å²) in [5.74, 6) is -1.37. The van der Waals surface area contributed by atoms with E-state index in [0.29, 0.717) is 12.8 Å². The van der Waals surface area contributed by atoms with E-state index in [2.05, 4.69) is 5.32 Å². The molecule has 8 heteroatoms. The summed E-state index contributed by atoms with van der Waals surface area (Å²) in [6, 6.07) is 1.20. The third kappa shape index (κ3) is 2.79. The fourth-order valence-corrected chi connectivity index (χ4v) is 3.11. The van der Waals surface area contributed by atoms with Crippen molar-refractivity contribution in [1.29, 1.82) is 0 Å². The van der Waals surface area contributed by atoms with E-state index >= 15 is 0 Å². The normalized spacial score (nSPS) is 16.8. The maximum Gasteiger partial charge on any atom is 0.324 e. The van der Waals surface area contributed by atoms with Gasteiger partial charge < -0.3 is 10.4 Å². The van der Waals surface area contributed by atoms with Gasteiger partial charge in [0.05, 0.1) is 15.9 Å². The monoisotopic (exact) mass is 298 g/mol. The van der Waals surface area contributed by atoms with Crippen LogP contribution in [0.5, 0.6) is 0 Å². The van der Waals surface area contributed by atoms with Gasteiger partial charge in [-0.15, -0.1) is 0 Å². The first-order valence-electron chi connectivity index (χ1n) is 6.19. The minimum Gasteiger partial charge on any atom is -0.481 e.